The van der Waals surface area contributed by atoms with E-state index in [1.165, 1.54) is 0 Å². The van der Waals surface area contributed by atoms with Gasteiger partial charge in [-0.15, -0.1) is 0 Å². The highest BCUT2D eigenvalue weighted by Crippen LogP contribution is 2.30. The van der Waals surface area contributed by atoms with Crippen molar-refractivity contribution in [3.63, 3.8) is 0 Å². The quantitative estimate of drug-likeness (QED) is 0.834. The number of carbonyl (C=O) groups excluding carboxylic acids is 1. The lowest BCUT2D eigenvalue weighted by molar-refractivity contribution is -0.138. The van der Waals surface area contributed by atoms with Crippen molar-refractivity contribution < 1.29 is 24.2 Å². The van der Waals surface area contributed by atoms with Gasteiger partial charge in [0.15, 0.2) is 0 Å². The predicted molar refractivity (Wildman–Crippen MR) is 70.9 cm³/mol. The fraction of sp³-hybridized carbons (Fsp3) is 0.429. The third kappa shape index (κ3) is 3.40. The Morgan fingerprint density at radius 3 is 3.00 bits per heavy atom. The van der Waals surface area contributed by atoms with Crippen molar-refractivity contribution in [2.75, 3.05) is 19.8 Å². The van der Waals surface area contributed by atoms with Crippen LogP contribution in [0.2, 0.25) is 0 Å². The van der Waals surface area contributed by atoms with Crippen LogP contribution in [-0.2, 0) is 16.0 Å². The Morgan fingerprint density at radius 2 is 2.30 bits per heavy atom. The molecule has 1 atom stereocenters. The van der Waals surface area contributed by atoms with Crippen LogP contribution in [0.1, 0.15) is 12.5 Å². The van der Waals surface area contributed by atoms with Crippen LogP contribution < -0.4 is 14.8 Å². The summed E-state index contributed by atoms with van der Waals surface area (Å²) in [5.74, 6) is -0.259. The molecule has 6 nitrogen and oxygen atoms in total. The minimum Gasteiger partial charge on any atom is -0.494 e. The van der Waals surface area contributed by atoms with Gasteiger partial charge in [0.1, 0.15) is 24.7 Å². The zero-order valence-electron chi connectivity index (χ0n) is 11.2. The van der Waals surface area contributed by atoms with Crippen LogP contribution >= 0.6 is 0 Å². The largest absolute Gasteiger partial charge is 0.494 e. The average molecular weight is 279 g/mol. The fourth-order valence-electron chi connectivity index (χ4n) is 2.10. The molecular weight excluding hydrogens is 262 g/mol. The van der Waals surface area contributed by atoms with Crippen LogP contribution in [0.4, 0.5) is 0 Å². The van der Waals surface area contributed by atoms with Gasteiger partial charge in [0, 0.05) is 0 Å². The van der Waals surface area contributed by atoms with Crippen molar-refractivity contribution in [1.82, 2.24) is 5.32 Å². The van der Waals surface area contributed by atoms with Gasteiger partial charge >= 0.3 is 5.97 Å². The maximum atomic E-state index is 11.8. The third-order valence-corrected chi connectivity index (χ3v) is 3.03. The lowest BCUT2D eigenvalue weighted by Crippen LogP contribution is -2.39. The van der Waals surface area contributed by atoms with Gasteiger partial charge in [-0.2, -0.15) is 0 Å². The number of carboxylic acids is 1. The molecule has 1 aliphatic rings. The van der Waals surface area contributed by atoms with E-state index in [0.29, 0.717) is 13.0 Å². The number of ether oxygens (including phenoxy) is 2. The molecular formula is C14H17NO5. The van der Waals surface area contributed by atoms with Crippen LogP contribution in [0.15, 0.2) is 18.2 Å². The summed E-state index contributed by atoms with van der Waals surface area (Å²) in [4.78, 5) is 22.3. The Balaban J connectivity index is 2.03. The van der Waals surface area contributed by atoms with E-state index in [1.54, 1.807) is 0 Å². The molecule has 6 heteroatoms. The average Bonchev–Trinajstić information content (AvgIpc) is 2.44. The predicted octanol–water partition coefficient (Wildman–Crippen LogP) is 0.837. The van der Waals surface area contributed by atoms with Gasteiger partial charge < -0.3 is 19.9 Å². The number of fused-ring (bicyclic) bond motifs is 1. The van der Waals surface area contributed by atoms with Crippen LogP contribution in [-0.4, -0.2) is 36.7 Å². The maximum Gasteiger partial charge on any atom is 0.322 e. The molecule has 0 aromatic heterocycles. The zero-order chi connectivity index (χ0) is 14.5. The van der Waals surface area contributed by atoms with Gasteiger partial charge in [-0.3, -0.25) is 9.59 Å². The van der Waals surface area contributed by atoms with E-state index in [1.807, 2.05) is 25.1 Å². The maximum absolute atomic E-state index is 11.8. The molecule has 1 amide bonds. The Hall–Kier alpha value is -2.24. The molecule has 0 aliphatic carbocycles. The monoisotopic (exact) mass is 279 g/mol. The number of rotatable bonds is 5. The molecule has 0 bridgehead atoms. The summed E-state index contributed by atoms with van der Waals surface area (Å²) in [5.41, 5.74) is 0.901. The van der Waals surface area contributed by atoms with Gasteiger partial charge in [0.2, 0.25) is 5.91 Å². The molecule has 0 spiro atoms. The van der Waals surface area contributed by atoms with Crippen molar-refractivity contribution in [1.29, 1.82) is 0 Å². The van der Waals surface area contributed by atoms with Crippen LogP contribution in [0, 0.1) is 5.92 Å². The number of nitrogens with one attached hydrogen (secondary N) is 1. The van der Waals surface area contributed by atoms with Crippen LogP contribution in [0.5, 0.6) is 11.5 Å². The number of benzene rings is 1. The molecule has 0 fully saturated rings. The molecule has 108 valence electrons. The molecule has 20 heavy (non-hydrogen) atoms. The molecule has 1 aromatic carbocycles. The smallest absolute Gasteiger partial charge is 0.322 e. The summed E-state index contributed by atoms with van der Waals surface area (Å²) in [6.45, 7) is 2.36. The van der Waals surface area contributed by atoms with E-state index in [2.05, 4.69) is 5.32 Å². The van der Waals surface area contributed by atoms with Gasteiger partial charge in [-0.25, -0.2) is 0 Å². The number of hydrogen-bond acceptors (Lipinski definition) is 4. The van der Waals surface area contributed by atoms with Crippen LogP contribution in [0.3, 0.4) is 0 Å². The molecule has 2 rings (SSSR count). The SMILES string of the molecule is CCOc1ccc2c(c1)C[C@@H](C(=O)NCC(=O)O)CO2. The second-order valence-corrected chi connectivity index (χ2v) is 4.53. The summed E-state index contributed by atoms with van der Waals surface area (Å²) < 4.78 is 10.9. The van der Waals surface area contributed by atoms with E-state index in [4.69, 9.17) is 14.6 Å². The highest BCUT2D eigenvalue weighted by Gasteiger charge is 2.26. The Morgan fingerprint density at radius 1 is 1.50 bits per heavy atom. The first-order chi connectivity index (χ1) is 9.60. The first-order valence-electron chi connectivity index (χ1n) is 6.48. The lowest BCUT2D eigenvalue weighted by atomic mass is 9.96. The van der Waals surface area contributed by atoms with E-state index >= 15 is 0 Å². The minimum atomic E-state index is -1.06. The second kappa shape index (κ2) is 6.27. The van der Waals surface area contributed by atoms with E-state index in [-0.39, 0.29) is 25.0 Å². The van der Waals surface area contributed by atoms with E-state index in [0.717, 1.165) is 17.1 Å². The Bertz CT molecular complexity index is 514. The molecule has 1 aromatic rings. The highest BCUT2D eigenvalue weighted by atomic mass is 16.5. The fourth-order valence-corrected chi connectivity index (χ4v) is 2.10. The number of hydrogen-bond donors (Lipinski definition) is 2. The highest BCUT2D eigenvalue weighted by molar-refractivity contribution is 5.83. The summed E-state index contributed by atoms with van der Waals surface area (Å²) in [6, 6.07) is 5.51. The second-order valence-electron chi connectivity index (χ2n) is 4.53. The summed E-state index contributed by atoms with van der Waals surface area (Å²) in [7, 11) is 0. The molecule has 0 radical (unpaired) electrons. The minimum absolute atomic E-state index is 0.256. The van der Waals surface area contributed by atoms with Gasteiger partial charge in [-0.05, 0) is 37.1 Å². The molecule has 0 saturated carbocycles. The van der Waals surface area contributed by atoms with Crippen molar-refractivity contribution in [3.05, 3.63) is 23.8 Å². The van der Waals surface area contributed by atoms with Crippen molar-refractivity contribution >= 4 is 11.9 Å². The lowest BCUT2D eigenvalue weighted by Gasteiger charge is -2.24. The summed E-state index contributed by atoms with van der Waals surface area (Å²) >= 11 is 0. The zero-order valence-corrected chi connectivity index (χ0v) is 11.2. The molecule has 1 aliphatic heterocycles. The first kappa shape index (κ1) is 14.2. The number of amides is 1. The molecule has 2 N–H and O–H groups in total. The summed E-state index contributed by atoms with van der Waals surface area (Å²) in [5, 5.41) is 10.9. The third-order valence-electron chi connectivity index (χ3n) is 3.03. The van der Waals surface area contributed by atoms with E-state index < -0.39 is 5.97 Å². The van der Waals surface area contributed by atoms with Crippen molar-refractivity contribution in [2.24, 2.45) is 5.92 Å². The number of carbonyl (C=O) groups is 2. The van der Waals surface area contributed by atoms with E-state index in [9.17, 15) is 9.59 Å². The standard InChI is InChI=1S/C14H17NO5/c1-2-19-11-3-4-12-9(6-11)5-10(8-20-12)14(18)15-7-13(16)17/h3-4,6,10H,2,5,7-8H2,1H3,(H,15,18)(H,16,17)/t10-/m1/s1. The molecule has 0 saturated heterocycles. The van der Waals surface area contributed by atoms with Crippen molar-refractivity contribution in [2.45, 2.75) is 13.3 Å². The van der Waals surface area contributed by atoms with Crippen LogP contribution in [0.25, 0.3) is 0 Å². The Kier molecular flexibility index (Phi) is 4.45. The number of aliphatic carboxylic acids is 1. The van der Waals surface area contributed by atoms with Gasteiger partial charge in [0.05, 0.1) is 12.5 Å². The van der Waals surface area contributed by atoms with Gasteiger partial charge in [-0.1, -0.05) is 0 Å². The topological polar surface area (TPSA) is 84.9 Å². The van der Waals surface area contributed by atoms with Crippen molar-refractivity contribution in [3.8, 4) is 11.5 Å². The molecule has 1 heterocycles. The Labute approximate surface area is 116 Å². The molecule has 0 unspecified atom stereocenters. The normalized spacial score (nSPS) is 16.8. The number of carboxylic acid groups (broad SMARTS) is 1. The van der Waals surface area contributed by atoms with Gasteiger partial charge in [0.25, 0.3) is 0 Å². The first-order valence-corrected chi connectivity index (χ1v) is 6.48. The summed E-state index contributed by atoms with van der Waals surface area (Å²) in [6.07, 6.45) is 0.516.